The number of alkyl halides is 3. The first-order valence-corrected chi connectivity index (χ1v) is 11.9. The molecule has 1 saturated heterocycles. The Morgan fingerprint density at radius 2 is 2.00 bits per heavy atom. The third-order valence-electron chi connectivity index (χ3n) is 5.69. The smallest absolute Gasteiger partial charge is 0.386 e. The fraction of sp³-hybridized carbons (Fsp3) is 0.542. The van der Waals surface area contributed by atoms with Crippen LogP contribution in [0.3, 0.4) is 0 Å². The van der Waals surface area contributed by atoms with Gasteiger partial charge in [-0.1, -0.05) is 11.6 Å². The van der Waals surface area contributed by atoms with Gasteiger partial charge in [-0.25, -0.2) is 9.97 Å². The van der Waals surface area contributed by atoms with Gasteiger partial charge in [-0.15, -0.1) is 0 Å². The van der Waals surface area contributed by atoms with Gasteiger partial charge in [0.15, 0.2) is 0 Å². The number of nitrogens with one attached hydrogen (secondary N) is 2. The normalized spacial score (nSPS) is 14.9. The van der Waals surface area contributed by atoms with E-state index in [0.717, 1.165) is 35.5 Å². The number of likely N-dealkylation sites (tertiary alicyclic amines) is 1. The number of nitrogen functional groups attached to an aromatic ring is 1. The minimum atomic E-state index is -4.00. The quantitative estimate of drug-likeness (QED) is 0.339. The van der Waals surface area contributed by atoms with Crippen molar-refractivity contribution in [3.63, 3.8) is 0 Å². The van der Waals surface area contributed by atoms with E-state index in [0.29, 0.717) is 41.2 Å². The lowest BCUT2D eigenvalue weighted by molar-refractivity contribution is -0.110. The minimum absolute atomic E-state index is 0.155. The lowest BCUT2D eigenvalue weighted by atomic mass is 9.85. The van der Waals surface area contributed by atoms with Crippen molar-refractivity contribution < 1.29 is 23.0 Å². The molecule has 1 aliphatic rings. The molecular formula is C24H34ClF3N6O2. The molecule has 8 nitrogen and oxygen atoms in total. The van der Waals surface area contributed by atoms with Gasteiger partial charge in [0.25, 0.3) is 0 Å². The first-order chi connectivity index (χ1) is 16.8. The summed E-state index contributed by atoms with van der Waals surface area (Å²) in [6.45, 7) is 10.9. The molecule has 200 valence electrons. The number of aliphatic hydroxyl groups is 1. The third-order valence-corrected chi connectivity index (χ3v) is 6.09. The molecule has 2 aromatic rings. The van der Waals surface area contributed by atoms with Gasteiger partial charge in [0, 0.05) is 54.3 Å². The predicted molar refractivity (Wildman–Crippen MR) is 136 cm³/mol. The Bertz CT molecular complexity index is 1060. The van der Waals surface area contributed by atoms with Crippen LogP contribution in [-0.2, 0) is 0 Å². The van der Waals surface area contributed by atoms with E-state index in [-0.39, 0.29) is 25.4 Å². The maximum atomic E-state index is 10.4. The average molecular weight is 531 g/mol. The van der Waals surface area contributed by atoms with E-state index < -0.39 is 6.18 Å². The topological polar surface area (TPSA) is 120 Å². The zero-order valence-electron chi connectivity index (χ0n) is 21.1. The SMILES string of the molecule is CC(F)(F)F.CCOc1c(C(C)Nc2ncnc(N)c2C(C)=N)cc(Cl)c(C)c1C1CN(CCO)C1. The molecule has 36 heavy (non-hydrogen) atoms. The van der Waals surface area contributed by atoms with E-state index in [2.05, 4.69) is 20.2 Å². The number of halogens is 4. The highest BCUT2D eigenvalue weighted by Crippen LogP contribution is 2.43. The molecule has 1 aromatic carbocycles. The third kappa shape index (κ3) is 7.68. The molecule has 0 bridgehead atoms. The summed E-state index contributed by atoms with van der Waals surface area (Å²) in [6.07, 6.45) is -2.61. The Morgan fingerprint density at radius 1 is 1.39 bits per heavy atom. The number of hydrogen-bond acceptors (Lipinski definition) is 8. The van der Waals surface area contributed by atoms with Crippen molar-refractivity contribution in [2.75, 3.05) is 43.9 Å². The summed E-state index contributed by atoms with van der Waals surface area (Å²) < 4.78 is 37.2. The van der Waals surface area contributed by atoms with E-state index >= 15 is 0 Å². The van der Waals surface area contributed by atoms with Gasteiger partial charge in [0.05, 0.1) is 24.8 Å². The van der Waals surface area contributed by atoms with Gasteiger partial charge >= 0.3 is 6.18 Å². The predicted octanol–water partition coefficient (Wildman–Crippen LogP) is 4.94. The maximum Gasteiger partial charge on any atom is 0.386 e. The lowest BCUT2D eigenvalue weighted by Crippen LogP contribution is -2.46. The van der Waals surface area contributed by atoms with Gasteiger partial charge in [-0.05, 0) is 39.3 Å². The van der Waals surface area contributed by atoms with Gasteiger partial charge in [-0.2, -0.15) is 13.2 Å². The van der Waals surface area contributed by atoms with Crippen LogP contribution in [0.2, 0.25) is 5.02 Å². The monoisotopic (exact) mass is 530 g/mol. The molecule has 1 aliphatic heterocycles. The van der Waals surface area contributed by atoms with Gasteiger partial charge < -0.3 is 26.3 Å². The molecule has 3 rings (SSSR count). The summed E-state index contributed by atoms with van der Waals surface area (Å²) in [5.41, 5.74) is 9.84. The number of rotatable bonds is 9. The zero-order valence-corrected chi connectivity index (χ0v) is 21.9. The first-order valence-electron chi connectivity index (χ1n) is 11.6. The number of aromatic nitrogens is 2. The first kappa shape index (κ1) is 29.6. The molecule has 2 heterocycles. The van der Waals surface area contributed by atoms with Crippen molar-refractivity contribution in [1.82, 2.24) is 14.9 Å². The fourth-order valence-corrected chi connectivity index (χ4v) is 4.34. The molecule has 1 atom stereocenters. The number of hydrogen-bond donors (Lipinski definition) is 4. The van der Waals surface area contributed by atoms with Crippen molar-refractivity contribution in [2.45, 2.75) is 52.8 Å². The van der Waals surface area contributed by atoms with Crippen molar-refractivity contribution in [3.8, 4) is 5.75 Å². The van der Waals surface area contributed by atoms with Crippen LogP contribution in [0.15, 0.2) is 12.4 Å². The van der Waals surface area contributed by atoms with Crippen molar-refractivity contribution in [3.05, 3.63) is 39.7 Å². The second-order valence-electron chi connectivity index (χ2n) is 8.68. The number of benzene rings is 1. The van der Waals surface area contributed by atoms with Gasteiger partial charge in [0.1, 0.15) is 23.7 Å². The van der Waals surface area contributed by atoms with Crippen LogP contribution in [0, 0.1) is 12.3 Å². The summed E-state index contributed by atoms with van der Waals surface area (Å²) in [4.78, 5) is 10.5. The summed E-state index contributed by atoms with van der Waals surface area (Å²) in [7, 11) is 0. The molecule has 0 spiro atoms. The molecule has 0 saturated carbocycles. The number of anilines is 2. The molecule has 0 aliphatic carbocycles. The highest BCUT2D eigenvalue weighted by Gasteiger charge is 2.33. The van der Waals surface area contributed by atoms with Crippen LogP contribution in [-0.4, -0.2) is 64.7 Å². The van der Waals surface area contributed by atoms with Gasteiger partial charge in [0.2, 0.25) is 0 Å². The Balaban J connectivity index is 0.000000830. The fourth-order valence-electron chi connectivity index (χ4n) is 4.12. The second kappa shape index (κ2) is 12.6. The van der Waals surface area contributed by atoms with Crippen LogP contribution in [0.1, 0.15) is 61.9 Å². The molecule has 1 fully saturated rings. The largest absolute Gasteiger partial charge is 0.493 e. The zero-order chi connectivity index (χ0) is 27.2. The van der Waals surface area contributed by atoms with Crippen molar-refractivity contribution >= 4 is 28.9 Å². The van der Waals surface area contributed by atoms with E-state index in [1.54, 1.807) is 6.92 Å². The van der Waals surface area contributed by atoms with Crippen LogP contribution < -0.4 is 15.8 Å². The molecular weight excluding hydrogens is 497 g/mol. The second-order valence-corrected chi connectivity index (χ2v) is 9.09. The highest BCUT2D eigenvalue weighted by atomic mass is 35.5. The van der Waals surface area contributed by atoms with E-state index in [9.17, 15) is 18.3 Å². The number of nitrogens with two attached hydrogens (primary N) is 1. The average Bonchev–Trinajstić information content (AvgIpc) is 2.72. The number of β-amino-alcohol motifs (C(OH)–C–C–N with tert-alkyl or cyclic N) is 1. The molecule has 12 heteroatoms. The molecule has 0 amide bonds. The number of ether oxygens (including phenoxy) is 1. The Labute approximate surface area is 214 Å². The number of nitrogens with zero attached hydrogens (tertiary/aromatic N) is 3. The minimum Gasteiger partial charge on any atom is -0.493 e. The highest BCUT2D eigenvalue weighted by molar-refractivity contribution is 6.31. The Hall–Kier alpha value is -2.63. The van der Waals surface area contributed by atoms with Crippen LogP contribution >= 0.6 is 11.6 Å². The molecule has 1 unspecified atom stereocenters. The van der Waals surface area contributed by atoms with Gasteiger partial charge in [-0.3, -0.25) is 4.90 Å². The summed E-state index contributed by atoms with van der Waals surface area (Å²) in [5, 5.41) is 21.3. The van der Waals surface area contributed by atoms with E-state index in [1.807, 2.05) is 26.8 Å². The van der Waals surface area contributed by atoms with Crippen LogP contribution in [0.4, 0.5) is 24.8 Å². The van der Waals surface area contributed by atoms with Crippen LogP contribution in [0.25, 0.3) is 0 Å². The van der Waals surface area contributed by atoms with E-state index in [1.165, 1.54) is 6.33 Å². The summed E-state index contributed by atoms with van der Waals surface area (Å²) >= 11 is 6.65. The van der Waals surface area contributed by atoms with Crippen LogP contribution in [0.5, 0.6) is 5.75 Å². The summed E-state index contributed by atoms with van der Waals surface area (Å²) in [6, 6.07) is 1.74. The van der Waals surface area contributed by atoms with E-state index in [4.69, 9.17) is 27.5 Å². The molecule has 5 N–H and O–H groups in total. The molecule has 0 radical (unpaired) electrons. The lowest BCUT2D eigenvalue weighted by Gasteiger charge is -2.41. The Kier molecular flexibility index (Phi) is 10.3. The van der Waals surface area contributed by atoms with Crippen molar-refractivity contribution in [1.29, 1.82) is 5.41 Å². The standard InChI is InChI=1S/C22H31ClN6O2.C2H3F3/c1-5-31-20-16(14(4)28-22-19(13(3)24)21(25)26-11-27-22)8-17(23)12(2)18(20)15-9-29(10-15)6-7-30;1-2(3,4)5/h8,11,14-15,24,30H,5-7,9-10H2,1-4H3,(H3,25,26,27,28);1H3. The maximum absolute atomic E-state index is 10.4. The number of aliphatic hydroxyl groups excluding tert-OH is 1. The molecule has 1 aromatic heterocycles. The van der Waals surface area contributed by atoms with Crippen molar-refractivity contribution in [2.24, 2.45) is 0 Å². The summed E-state index contributed by atoms with van der Waals surface area (Å²) in [5.74, 6) is 1.91. The Morgan fingerprint density at radius 3 is 2.53 bits per heavy atom.